The fourth-order valence-electron chi connectivity index (χ4n) is 3.85. The van der Waals surface area contributed by atoms with Gasteiger partial charge in [-0.1, -0.05) is 33.1 Å². The molecule has 1 atom stereocenters. The highest BCUT2D eigenvalue weighted by Gasteiger charge is 2.29. The van der Waals surface area contributed by atoms with Crippen LogP contribution in [-0.4, -0.2) is 37.6 Å². The zero-order valence-corrected chi connectivity index (χ0v) is 13.4. The van der Waals surface area contributed by atoms with E-state index in [4.69, 9.17) is 0 Å². The predicted octanol–water partition coefficient (Wildman–Crippen LogP) is 3.67. The van der Waals surface area contributed by atoms with E-state index in [1.54, 1.807) is 0 Å². The van der Waals surface area contributed by atoms with Crippen molar-refractivity contribution in [1.82, 2.24) is 10.2 Å². The van der Waals surface area contributed by atoms with Crippen molar-refractivity contribution >= 4 is 0 Å². The van der Waals surface area contributed by atoms with E-state index in [1.165, 1.54) is 71.0 Å². The number of rotatable bonds is 9. The van der Waals surface area contributed by atoms with Crippen molar-refractivity contribution in [3.63, 3.8) is 0 Å². The van der Waals surface area contributed by atoms with Crippen molar-refractivity contribution in [2.45, 2.75) is 71.3 Å². The third-order valence-corrected chi connectivity index (χ3v) is 4.94. The van der Waals surface area contributed by atoms with E-state index in [9.17, 15) is 0 Å². The Morgan fingerprint density at radius 3 is 2.42 bits per heavy atom. The molecule has 2 nitrogen and oxygen atoms in total. The second-order valence-electron chi connectivity index (χ2n) is 7.56. The molecule has 0 aromatic heterocycles. The van der Waals surface area contributed by atoms with E-state index in [1.807, 2.05) is 0 Å². The van der Waals surface area contributed by atoms with Crippen LogP contribution in [-0.2, 0) is 0 Å². The summed E-state index contributed by atoms with van der Waals surface area (Å²) in [6.07, 6.45) is 11.3. The van der Waals surface area contributed by atoms with Crippen LogP contribution < -0.4 is 5.32 Å². The molecule has 0 aromatic carbocycles. The molecular formula is C17H34N2. The van der Waals surface area contributed by atoms with Gasteiger partial charge in [0.1, 0.15) is 0 Å². The quantitative estimate of drug-likeness (QED) is 0.685. The SMILES string of the molecule is CCCC(C)(CNC1CC1)CN(C)CC1CCCC1. The van der Waals surface area contributed by atoms with Crippen molar-refractivity contribution in [1.29, 1.82) is 0 Å². The normalized spacial score (nSPS) is 24.0. The summed E-state index contributed by atoms with van der Waals surface area (Å²) >= 11 is 0. The Hall–Kier alpha value is -0.0800. The average molecular weight is 266 g/mol. The highest BCUT2D eigenvalue weighted by Crippen LogP contribution is 2.29. The molecule has 0 aromatic rings. The molecule has 0 heterocycles. The van der Waals surface area contributed by atoms with Gasteiger partial charge in [-0.3, -0.25) is 0 Å². The summed E-state index contributed by atoms with van der Waals surface area (Å²) in [5, 5.41) is 3.75. The van der Waals surface area contributed by atoms with Gasteiger partial charge in [0.15, 0.2) is 0 Å². The molecule has 19 heavy (non-hydrogen) atoms. The molecule has 0 aliphatic heterocycles. The van der Waals surface area contributed by atoms with Crippen molar-refractivity contribution in [2.75, 3.05) is 26.7 Å². The van der Waals surface area contributed by atoms with E-state index >= 15 is 0 Å². The molecule has 1 unspecified atom stereocenters. The summed E-state index contributed by atoms with van der Waals surface area (Å²) in [6.45, 7) is 8.60. The fraction of sp³-hybridized carbons (Fsp3) is 1.00. The smallest absolute Gasteiger partial charge is 0.00684 e. The first-order valence-electron chi connectivity index (χ1n) is 8.53. The summed E-state index contributed by atoms with van der Waals surface area (Å²) in [4.78, 5) is 2.61. The van der Waals surface area contributed by atoms with Gasteiger partial charge in [0, 0.05) is 25.7 Å². The zero-order chi connectivity index (χ0) is 13.7. The van der Waals surface area contributed by atoms with Crippen LogP contribution in [0.1, 0.15) is 65.2 Å². The third-order valence-electron chi connectivity index (χ3n) is 4.94. The Bertz CT molecular complexity index is 256. The Balaban J connectivity index is 1.75. The van der Waals surface area contributed by atoms with Crippen molar-refractivity contribution in [3.8, 4) is 0 Å². The summed E-state index contributed by atoms with van der Waals surface area (Å²) in [6, 6.07) is 0.844. The van der Waals surface area contributed by atoms with Crippen LogP contribution in [0.2, 0.25) is 0 Å². The van der Waals surface area contributed by atoms with Gasteiger partial charge in [-0.25, -0.2) is 0 Å². The van der Waals surface area contributed by atoms with Gasteiger partial charge < -0.3 is 10.2 Å². The van der Waals surface area contributed by atoms with Gasteiger partial charge in [-0.2, -0.15) is 0 Å². The standard InChI is InChI=1S/C17H34N2/c1-4-11-17(2,13-18-16-9-10-16)14-19(3)12-15-7-5-6-8-15/h15-16,18H,4-14H2,1-3H3. The van der Waals surface area contributed by atoms with Gasteiger partial charge in [0.25, 0.3) is 0 Å². The summed E-state index contributed by atoms with van der Waals surface area (Å²) in [5.74, 6) is 0.979. The van der Waals surface area contributed by atoms with E-state index in [0.29, 0.717) is 5.41 Å². The Morgan fingerprint density at radius 2 is 1.84 bits per heavy atom. The monoisotopic (exact) mass is 266 g/mol. The molecule has 0 spiro atoms. The maximum atomic E-state index is 3.75. The second kappa shape index (κ2) is 7.08. The zero-order valence-electron chi connectivity index (χ0n) is 13.4. The first kappa shape index (κ1) is 15.3. The van der Waals surface area contributed by atoms with Crippen molar-refractivity contribution < 1.29 is 0 Å². The minimum absolute atomic E-state index is 0.463. The first-order valence-corrected chi connectivity index (χ1v) is 8.53. The van der Waals surface area contributed by atoms with Crippen LogP contribution in [0.3, 0.4) is 0 Å². The molecule has 2 fully saturated rings. The molecule has 0 radical (unpaired) electrons. The maximum absolute atomic E-state index is 3.75. The molecule has 2 heteroatoms. The first-order chi connectivity index (χ1) is 9.11. The Kier molecular flexibility index (Phi) is 5.70. The largest absolute Gasteiger partial charge is 0.313 e. The molecule has 2 aliphatic rings. The van der Waals surface area contributed by atoms with Crippen LogP contribution in [0.5, 0.6) is 0 Å². The maximum Gasteiger partial charge on any atom is 0.00684 e. The van der Waals surface area contributed by atoms with Crippen LogP contribution in [0, 0.1) is 11.3 Å². The minimum atomic E-state index is 0.463. The number of nitrogens with one attached hydrogen (secondary N) is 1. The van der Waals surface area contributed by atoms with Crippen LogP contribution in [0.15, 0.2) is 0 Å². The highest BCUT2D eigenvalue weighted by atomic mass is 15.1. The topological polar surface area (TPSA) is 15.3 Å². The lowest BCUT2D eigenvalue weighted by atomic mass is 9.84. The molecule has 0 saturated heterocycles. The average Bonchev–Trinajstić information content (AvgIpc) is 3.05. The molecule has 2 rings (SSSR count). The Labute approximate surface area is 120 Å². The lowest BCUT2D eigenvalue weighted by Gasteiger charge is -2.35. The molecule has 2 aliphatic carbocycles. The number of hydrogen-bond acceptors (Lipinski definition) is 2. The van der Waals surface area contributed by atoms with E-state index in [-0.39, 0.29) is 0 Å². The summed E-state index contributed by atoms with van der Waals surface area (Å²) < 4.78 is 0. The minimum Gasteiger partial charge on any atom is -0.313 e. The molecule has 1 N–H and O–H groups in total. The van der Waals surface area contributed by atoms with E-state index in [0.717, 1.165) is 12.0 Å². The highest BCUT2D eigenvalue weighted by molar-refractivity contribution is 4.87. The van der Waals surface area contributed by atoms with Gasteiger partial charge in [0.2, 0.25) is 0 Å². The lowest BCUT2D eigenvalue weighted by Crippen LogP contribution is -2.42. The van der Waals surface area contributed by atoms with Crippen molar-refractivity contribution in [3.05, 3.63) is 0 Å². The predicted molar refractivity (Wildman–Crippen MR) is 83.5 cm³/mol. The van der Waals surface area contributed by atoms with Crippen LogP contribution >= 0.6 is 0 Å². The van der Waals surface area contributed by atoms with Crippen LogP contribution in [0.25, 0.3) is 0 Å². The fourth-order valence-corrected chi connectivity index (χ4v) is 3.85. The van der Waals surface area contributed by atoms with Crippen molar-refractivity contribution in [2.24, 2.45) is 11.3 Å². The molecule has 112 valence electrons. The molecule has 2 saturated carbocycles. The lowest BCUT2D eigenvalue weighted by molar-refractivity contribution is 0.157. The molecular weight excluding hydrogens is 232 g/mol. The Morgan fingerprint density at radius 1 is 1.16 bits per heavy atom. The summed E-state index contributed by atoms with van der Waals surface area (Å²) in [7, 11) is 2.34. The van der Waals surface area contributed by atoms with Gasteiger partial charge in [-0.15, -0.1) is 0 Å². The van der Waals surface area contributed by atoms with Gasteiger partial charge >= 0.3 is 0 Å². The van der Waals surface area contributed by atoms with Gasteiger partial charge in [0.05, 0.1) is 0 Å². The number of nitrogens with zero attached hydrogens (tertiary/aromatic N) is 1. The van der Waals surface area contributed by atoms with E-state index in [2.05, 4.69) is 31.1 Å². The van der Waals surface area contributed by atoms with Crippen LogP contribution in [0.4, 0.5) is 0 Å². The number of hydrogen-bond donors (Lipinski definition) is 1. The molecule has 0 amide bonds. The van der Waals surface area contributed by atoms with E-state index < -0.39 is 0 Å². The molecule has 0 bridgehead atoms. The second-order valence-corrected chi connectivity index (χ2v) is 7.56. The van der Waals surface area contributed by atoms with Gasteiger partial charge in [-0.05, 0) is 50.5 Å². The third kappa shape index (κ3) is 5.43. The summed E-state index contributed by atoms with van der Waals surface area (Å²) in [5.41, 5.74) is 0.463.